The Morgan fingerprint density at radius 1 is 1.14 bits per heavy atom. The van der Waals surface area contributed by atoms with E-state index in [1.165, 1.54) is 0 Å². The summed E-state index contributed by atoms with van der Waals surface area (Å²) < 4.78 is 108. The van der Waals surface area contributed by atoms with Crippen molar-refractivity contribution in [2.45, 2.75) is 64.5 Å². The molecule has 2 saturated carbocycles. The highest BCUT2D eigenvalue weighted by Gasteiger charge is 2.75. The van der Waals surface area contributed by atoms with Gasteiger partial charge in [0.15, 0.2) is 23.3 Å². The molecular formula is C22H21F7O6. The maximum Gasteiger partial charge on any atom is 0.422 e. The van der Waals surface area contributed by atoms with Gasteiger partial charge in [-0.25, -0.2) is 22.4 Å². The molecule has 0 radical (unpaired) electrons. The van der Waals surface area contributed by atoms with Gasteiger partial charge in [-0.05, 0) is 33.1 Å². The molecule has 35 heavy (non-hydrogen) atoms. The highest BCUT2D eigenvalue weighted by atomic mass is 19.4. The zero-order valence-corrected chi connectivity index (χ0v) is 18.6. The van der Waals surface area contributed by atoms with Gasteiger partial charge < -0.3 is 9.47 Å². The number of halogens is 7. The van der Waals surface area contributed by atoms with E-state index >= 15 is 0 Å². The summed E-state index contributed by atoms with van der Waals surface area (Å²) in [5, 5.41) is 9.52. The fourth-order valence-corrected chi connectivity index (χ4v) is 5.53. The molecular weight excluding hydrogens is 493 g/mol. The number of ether oxygens (including phenoxy) is 2. The van der Waals surface area contributed by atoms with Crippen molar-refractivity contribution >= 4 is 11.9 Å². The number of rotatable bonds is 6. The summed E-state index contributed by atoms with van der Waals surface area (Å²) in [6, 6.07) is 0. The van der Waals surface area contributed by atoms with Crippen LogP contribution >= 0.6 is 0 Å². The monoisotopic (exact) mass is 514 g/mol. The Labute approximate surface area is 194 Å². The van der Waals surface area contributed by atoms with Gasteiger partial charge in [0, 0.05) is 11.8 Å². The molecule has 0 spiro atoms. The van der Waals surface area contributed by atoms with E-state index < -0.39 is 93.5 Å². The minimum atomic E-state index is -5.77. The van der Waals surface area contributed by atoms with Crippen LogP contribution in [0.3, 0.4) is 0 Å². The maximum atomic E-state index is 14.7. The van der Waals surface area contributed by atoms with Crippen molar-refractivity contribution in [3.05, 3.63) is 34.4 Å². The van der Waals surface area contributed by atoms with Crippen LogP contribution in [-0.2, 0) is 30.1 Å². The van der Waals surface area contributed by atoms with Crippen molar-refractivity contribution < 1.29 is 59.9 Å². The molecule has 0 aromatic heterocycles. The van der Waals surface area contributed by atoms with Crippen molar-refractivity contribution in [3.63, 3.8) is 0 Å². The number of carbonyl (C=O) groups excluding carboxylic acids is 2. The molecule has 6 nitrogen and oxygen atoms in total. The average Bonchev–Trinajstić information content (AvgIpc) is 3.36. The molecule has 1 aromatic rings. The Balaban J connectivity index is 1.75. The Kier molecular flexibility index (Phi) is 5.91. The number of carbonyl (C=O) groups is 2. The molecule has 2 aliphatic carbocycles. The molecule has 3 fully saturated rings. The summed E-state index contributed by atoms with van der Waals surface area (Å²) in [5.74, 6) is -13.7. The van der Waals surface area contributed by atoms with E-state index in [4.69, 9.17) is 9.47 Å². The van der Waals surface area contributed by atoms with Crippen LogP contribution in [0.15, 0.2) is 0 Å². The van der Waals surface area contributed by atoms with Gasteiger partial charge in [0.1, 0.15) is 29.3 Å². The van der Waals surface area contributed by atoms with Gasteiger partial charge in [0.25, 0.3) is 0 Å². The summed E-state index contributed by atoms with van der Waals surface area (Å²) >= 11 is 0. The highest BCUT2D eigenvalue weighted by molar-refractivity contribution is 5.83. The van der Waals surface area contributed by atoms with Crippen LogP contribution in [0.25, 0.3) is 0 Å². The van der Waals surface area contributed by atoms with Gasteiger partial charge in [-0.3, -0.25) is 14.8 Å². The standard InChI is InChI=1S/C22H21F7O6/c1-4-20(2,3)18(30)33-15-7-5-8-16(15)34-19(31)21(8,6-7)17(35-32)9-11(23)13(25)10(22(27,28)29)14(26)12(9)24/h7-8,15-17,32H,4-6H2,1-3H3. The van der Waals surface area contributed by atoms with Crippen LogP contribution in [0, 0.1) is 45.9 Å². The van der Waals surface area contributed by atoms with Crippen LogP contribution in [0.4, 0.5) is 30.7 Å². The van der Waals surface area contributed by atoms with E-state index in [1.54, 1.807) is 20.8 Å². The number of alkyl halides is 3. The maximum absolute atomic E-state index is 14.7. The number of hydrogen-bond donors (Lipinski definition) is 1. The van der Waals surface area contributed by atoms with E-state index in [2.05, 4.69) is 4.89 Å². The van der Waals surface area contributed by atoms with Gasteiger partial charge in [-0.1, -0.05) is 6.92 Å². The van der Waals surface area contributed by atoms with Crippen LogP contribution in [-0.4, -0.2) is 29.4 Å². The van der Waals surface area contributed by atoms with Crippen LogP contribution in [0.1, 0.15) is 57.3 Å². The molecule has 2 bridgehead atoms. The van der Waals surface area contributed by atoms with Gasteiger partial charge >= 0.3 is 18.1 Å². The molecule has 6 unspecified atom stereocenters. The molecule has 194 valence electrons. The predicted octanol–water partition coefficient (Wildman–Crippen LogP) is 5.09. The first-order valence-electron chi connectivity index (χ1n) is 10.8. The van der Waals surface area contributed by atoms with Crippen molar-refractivity contribution in [2.24, 2.45) is 22.7 Å². The predicted molar refractivity (Wildman–Crippen MR) is 100 cm³/mol. The fourth-order valence-electron chi connectivity index (χ4n) is 5.53. The third-order valence-corrected chi connectivity index (χ3v) is 7.72. The molecule has 0 amide bonds. The van der Waals surface area contributed by atoms with E-state index in [0.717, 1.165) is 0 Å². The van der Waals surface area contributed by atoms with Crippen LogP contribution in [0.2, 0.25) is 0 Å². The second-order valence-electron chi connectivity index (χ2n) is 9.85. The van der Waals surface area contributed by atoms with Crippen LogP contribution in [0.5, 0.6) is 0 Å². The summed E-state index contributed by atoms with van der Waals surface area (Å²) in [7, 11) is 0. The summed E-state index contributed by atoms with van der Waals surface area (Å²) in [6.07, 6.45) is -10.0. The van der Waals surface area contributed by atoms with Gasteiger partial charge in [0.2, 0.25) is 0 Å². The fraction of sp³-hybridized carbons (Fsp3) is 0.636. The first kappa shape index (κ1) is 25.7. The normalized spacial score (nSPS) is 30.5. The minimum absolute atomic E-state index is 0.107. The molecule has 1 saturated heterocycles. The van der Waals surface area contributed by atoms with Gasteiger partial charge in [-0.2, -0.15) is 13.2 Å². The van der Waals surface area contributed by atoms with E-state index in [-0.39, 0.29) is 12.8 Å². The van der Waals surface area contributed by atoms with Crippen LogP contribution < -0.4 is 0 Å². The zero-order valence-electron chi connectivity index (χ0n) is 18.6. The van der Waals surface area contributed by atoms with Crippen molar-refractivity contribution in [1.29, 1.82) is 0 Å². The molecule has 1 heterocycles. The van der Waals surface area contributed by atoms with Gasteiger partial charge in [-0.15, -0.1) is 0 Å². The Morgan fingerprint density at radius 3 is 2.20 bits per heavy atom. The Morgan fingerprint density at radius 2 is 1.71 bits per heavy atom. The average molecular weight is 514 g/mol. The van der Waals surface area contributed by atoms with E-state index in [9.17, 15) is 45.6 Å². The number of hydrogen-bond acceptors (Lipinski definition) is 6. The first-order valence-corrected chi connectivity index (χ1v) is 10.8. The minimum Gasteiger partial charge on any atom is -0.458 e. The molecule has 1 N–H and O–H groups in total. The lowest BCUT2D eigenvalue weighted by molar-refractivity contribution is -0.309. The second-order valence-corrected chi connectivity index (χ2v) is 9.85. The molecule has 13 heteroatoms. The lowest BCUT2D eigenvalue weighted by atomic mass is 9.67. The Hall–Kier alpha value is -2.41. The highest BCUT2D eigenvalue weighted by Crippen LogP contribution is 2.67. The lowest BCUT2D eigenvalue weighted by Gasteiger charge is -2.37. The zero-order chi connectivity index (χ0) is 26.2. The summed E-state index contributed by atoms with van der Waals surface area (Å²) in [6.45, 7) is 5.04. The molecule has 4 rings (SSSR count). The SMILES string of the molecule is CCC(C)(C)C(=O)OC1C2CC3C1OC(=O)C3(C(OO)c1c(F)c(F)c(C(F)(F)F)c(F)c1F)C2. The smallest absolute Gasteiger partial charge is 0.422 e. The number of esters is 2. The number of benzene rings is 1. The third kappa shape index (κ3) is 3.45. The first-order chi connectivity index (χ1) is 16.1. The largest absolute Gasteiger partial charge is 0.458 e. The third-order valence-electron chi connectivity index (χ3n) is 7.72. The Bertz CT molecular complexity index is 1060. The summed E-state index contributed by atoms with van der Waals surface area (Å²) in [4.78, 5) is 29.6. The van der Waals surface area contributed by atoms with E-state index in [0.29, 0.717) is 6.42 Å². The molecule has 6 atom stereocenters. The second kappa shape index (κ2) is 8.05. The molecule has 3 aliphatic rings. The van der Waals surface area contributed by atoms with Crippen molar-refractivity contribution in [1.82, 2.24) is 0 Å². The lowest BCUT2D eigenvalue weighted by Crippen LogP contribution is -2.45. The topological polar surface area (TPSA) is 82.1 Å². The van der Waals surface area contributed by atoms with Gasteiger partial charge in [0.05, 0.1) is 11.0 Å². The molecule has 1 aliphatic heterocycles. The summed E-state index contributed by atoms with van der Waals surface area (Å²) in [5.41, 5.74) is -7.44. The molecule has 1 aromatic carbocycles. The van der Waals surface area contributed by atoms with Crippen molar-refractivity contribution in [3.8, 4) is 0 Å². The van der Waals surface area contributed by atoms with E-state index in [1.807, 2.05) is 0 Å². The quantitative estimate of drug-likeness (QED) is 0.187. The van der Waals surface area contributed by atoms with Crippen molar-refractivity contribution in [2.75, 3.05) is 0 Å². The number of fused-ring (bicyclic) bond motifs is 1.